The van der Waals surface area contributed by atoms with Crippen LogP contribution in [0.15, 0.2) is 6.07 Å². The summed E-state index contributed by atoms with van der Waals surface area (Å²) in [5.74, 6) is 0. The van der Waals surface area contributed by atoms with Crippen LogP contribution >= 0.6 is 34.5 Å². The Labute approximate surface area is 75.8 Å². The van der Waals surface area contributed by atoms with Gasteiger partial charge in [-0.15, -0.1) is 11.3 Å². The summed E-state index contributed by atoms with van der Waals surface area (Å²) >= 11 is 12.7. The fourth-order valence-electron chi connectivity index (χ4n) is 0.455. The molecule has 1 rings (SSSR count). The molecule has 0 aromatic carbocycles. The lowest BCUT2D eigenvalue weighted by atomic mass is 10.5. The van der Waals surface area contributed by atoms with Crippen molar-refractivity contribution in [2.24, 2.45) is 0 Å². The minimum Gasteiger partial charge on any atom is -0.127 e. The molecular formula is C7H10Cl2S. The highest BCUT2D eigenvalue weighted by Crippen LogP contribution is 2.30. The van der Waals surface area contributed by atoms with E-state index in [9.17, 15) is 0 Å². The molecule has 0 aliphatic rings. The highest BCUT2D eigenvalue weighted by atomic mass is 35.5. The van der Waals surface area contributed by atoms with E-state index in [1.807, 2.05) is 26.8 Å². The Hall–Kier alpha value is 0.280. The van der Waals surface area contributed by atoms with Gasteiger partial charge in [0.25, 0.3) is 0 Å². The average Bonchev–Trinajstić information content (AvgIpc) is 2.16. The Balaban J connectivity index is 0.000000371. The van der Waals surface area contributed by atoms with E-state index >= 15 is 0 Å². The Morgan fingerprint density at radius 2 is 1.80 bits per heavy atom. The van der Waals surface area contributed by atoms with Gasteiger partial charge in [0, 0.05) is 4.88 Å². The molecule has 0 unspecified atom stereocenters. The molecule has 0 saturated heterocycles. The third-order valence-electron chi connectivity index (χ3n) is 0.768. The summed E-state index contributed by atoms with van der Waals surface area (Å²) in [5.41, 5.74) is 0. The first-order chi connectivity index (χ1) is 4.70. The van der Waals surface area contributed by atoms with E-state index in [0.717, 1.165) is 4.88 Å². The Morgan fingerprint density at radius 3 is 1.90 bits per heavy atom. The van der Waals surface area contributed by atoms with Crippen LogP contribution in [0, 0.1) is 6.92 Å². The lowest BCUT2D eigenvalue weighted by Gasteiger charge is -1.73. The monoisotopic (exact) mass is 196 g/mol. The van der Waals surface area contributed by atoms with Crippen LogP contribution in [0.5, 0.6) is 0 Å². The summed E-state index contributed by atoms with van der Waals surface area (Å²) in [6.07, 6.45) is 0. The van der Waals surface area contributed by atoms with Crippen molar-refractivity contribution in [3.05, 3.63) is 20.3 Å². The fraction of sp³-hybridized carbons (Fsp3) is 0.429. The van der Waals surface area contributed by atoms with Crippen LogP contribution in [0.25, 0.3) is 0 Å². The van der Waals surface area contributed by atoms with E-state index in [1.165, 1.54) is 11.3 Å². The maximum Gasteiger partial charge on any atom is 0.112 e. The quantitative estimate of drug-likeness (QED) is 0.578. The van der Waals surface area contributed by atoms with E-state index in [0.29, 0.717) is 9.36 Å². The van der Waals surface area contributed by atoms with E-state index in [-0.39, 0.29) is 0 Å². The minimum atomic E-state index is 0.661. The van der Waals surface area contributed by atoms with Crippen LogP contribution in [0.3, 0.4) is 0 Å². The minimum absolute atomic E-state index is 0.661. The third kappa shape index (κ3) is 2.91. The molecule has 1 aromatic heterocycles. The standard InChI is InChI=1S/C5H4Cl2S.C2H6/c1-3-2-4(6)5(7)8-3;1-2/h2H,1H3;1-2H3. The molecular weight excluding hydrogens is 187 g/mol. The number of thiophene rings is 1. The van der Waals surface area contributed by atoms with Gasteiger partial charge in [0.2, 0.25) is 0 Å². The Kier molecular flexibility index (Phi) is 5.14. The molecule has 0 bridgehead atoms. The molecule has 3 heteroatoms. The third-order valence-corrected chi connectivity index (χ3v) is 2.55. The summed E-state index contributed by atoms with van der Waals surface area (Å²) in [6.45, 7) is 5.97. The normalized spacial score (nSPS) is 8.50. The molecule has 0 saturated carbocycles. The van der Waals surface area contributed by atoms with Gasteiger partial charge in [-0.1, -0.05) is 37.0 Å². The van der Waals surface area contributed by atoms with Crippen molar-refractivity contribution in [1.29, 1.82) is 0 Å². The molecule has 58 valence electrons. The molecule has 0 aliphatic carbocycles. The largest absolute Gasteiger partial charge is 0.127 e. The van der Waals surface area contributed by atoms with E-state index in [1.54, 1.807) is 0 Å². The molecule has 0 nitrogen and oxygen atoms in total. The van der Waals surface area contributed by atoms with Crippen molar-refractivity contribution >= 4 is 34.5 Å². The summed E-state index contributed by atoms with van der Waals surface area (Å²) < 4.78 is 0.684. The molecule has 1 heterocycles. The molecule has 0 N–H and O–H groups in total. The molecule has 0 fully saturated rings. The van der Waals surface area contributed by atoms with Crippen LogP contribution in [0.1, 0.15) is 18.7 Å². The van der Waals surface area contributed by atoms with Gasteiger partial charge in [-0.25, -0.2) is 0 Å². The number of halogens is 2. The lowest BCUT2D eigenvalue weighted by Crippen LogP contribution is -1.47. The topological polar surface area (TPSA) is 0 Å². The van der Waals surface area contributed by atoms with Crippen LogP contribution in [0.4, 0.5) is 0 Å². The van der Waals surface area contributed by atoms with Crippen molar-refractivity contribution in [3.63, 3.8) is 0 Å². The van der Waals surface area contributed by atoms with Gasteiger partial charge in [0.1, 0.15) is 4.34 Å². The van der Waals surface area contributed by atoms with Gasteiger partial charge >= 0.3 is 0 Å². The van der Waals surface area contributed by atoms with E-state index in [4.69, 9.17) is 23.2 Å². The van der Waals surface area contributed by atoms with Gasteiger partial charge in [-0.2, -0.15) is 0 Å². The predicted molar refractivity (Wildman–Crippen MR) is 50.4 cm³/mol. The molecule has 0 spiro atoms. The lowest BCUT2D eigenvalue weighted by molar-refractivity contribution is 1.50. The zero-order valence-corrected chi connectivity index (χ0v) is 8.57. The van der Waals surface area contributed by atoms with Crippen LogP contribution in [-0.2, 0) is 0 Å². The second-order valence-electron chi connectivity index (χ2n) is 1.48. The number of hydrogen-bond acceptors (Lipinski definition) is 1. The van der Waals surface area contributed by atoms with Crippen LogP contribution in [-0.4, -0.2) is 0 Å². The molecule has 1 aromatic rings. The highest BCUT2D eigenvalue weighted by Gasteiger charge is 1.98. The highest BCUT2D eigenvalue weighted by molar-refractivity contribution is 7.16. The van der Waals surface area contributed by atoms with Crippen molar-refractivity contribution in [2.45, 2.75) is 20.8 Å². The predicted octanol–water partition coefficient (Wildman–Crippen LogP) is 4.39. The van der Waals surface area contributed by atoms with Crippen molar-refractivity contribution in [1.82, 2.24) is 0 Å². The van der Waals surface area contributed by atoms with Gasteiger partial charge in [-0.3, -0.25) is 0 Å². The number of hydrogen-bond donors (Lipinski definition) is 0. The first kappa shape index (κ1) is 10.3. The average molecular weight is 197 g/mol. The maximum absolute atomic E-state index is 5.62. The zero-order valence-electron chi connectivity index (χ0n) is 6.24. The molecule has 0 atom stereocenters. The SMILES string of the molecule is CC.Cc1cc(Cl)c(Cl)s1. The van der Waals surface area contributed by atoms with Crippen molar-refractivity contribution in [2.75, 3.05) is 0 Å². The maximum atomic E-state index is 5.62. The second kappa shape index (κ2) is 5.00. The molecule has 0 aliphatic heterocycles. The summed E-state index contributed by atoms with van der Waals surface area (Å²) in [4.78, 5) is 1.15. The van der Waals surface area contributed by atoms with Crippen molar-refractivity contribution in [3.8, 4) is 0 Å². The van der Waals surface area contributed by atoms with E-state index < -0.39 is 0 Å². The Morgan fingerprint density at radius 1 is 1.30 bits per heavy atom. The molecule has 10 heavy (non-hydrogen) atoms. The van der Waals surface area contributed by atoms with Gasteiger partial charge in [0.05, 0.1) is 5.02 Å². The van der Waals surface area contributed by atoms with Gasteiger partial charge < -0.3 is 0 Å². The molecule has 0 amide bonds. The fourth-order valence-corrected chi connectivity index (χ4v) is 1.83. The number of rotatable bonds is 0. The van der Waals surface area contributed by atoms with Gasteiger partial charge in [0.15, 0.2) is 0 Å². The van der Waals surface area contributed by atoms with E-state index in [2.05, 4.69) is 0 Å². The summed E-state index contributed by atoms with van der Waals surface area (Å²) in [6, 6.07) is 1.86. The summed E-state index contributed by atoms with van der Waals surface area (Å²) in [5, 5.41) is 0.661. The molecule has 0 radical (unpaired) electrons. The zero-order chi connectivity index (χ0) is 8.15. The van der Waals surface area contributed by atoms with Gasteiger partial charge in [-0.05, 0) is 13.0 Å². The van der Waals surface area contributed by atoms with Crippen LogP contribution in [0.2, 0.25) is 9.36 Å². The Bertz CT molecular complexity index is 174. The van der Waals surface area contributed by atoms with Crippen molar-refractivity contribution < 1.29 is 0 Å². The first-order valence-corrected chi connectivity index (χ1v) is 4.69. The summed E-state index contributed by atoms with van der Waals surface area (Å²) in [7, 11) is 0. The smallest absolute Gasteiger partial charge is 0.112 e. The number of aryl methyl sites for hydroxylation is 1. The van der Waals surface area contributed by atoms with Crippen LogP contribution < -0.4 is 0 Å². The second-order valence-corrected chi connectivity index (χ2v) is 3.74. The first-order valence-electron chi connectivity index (χ1n) is 3.11.